The van der Waals surface area contributed by atoms with Crippen LogP contribution in [-0.4, -0.2) is 26.2 Å². The SMILES string of the molecule is COCCCNC(=O)c1ccc(-c2cccc(C(F)(F)F)c2)o1. The maximum Gasteiger partial charge on any atom is 0.416 e. The summed E-state index contributed by atoms with van der Waals surface area (Å²) in [6.07, 6.45) is -3.77. The minimum absolute atomic E-state index is 0.0508. The molecule has 1 aromatic heterocycles. The molecule has 1 aromatic carbocycles. The minimum atomic E-state index is -4.43. The fourth-order valence-corrected chi connectivity index (χ4v) is 1.97. The van der Waals surface area contributed by atoms with Gasteiger partial charge < -0.3 is 14.5 Å². The lowest BCUT2D eigenvalue weighted by Gasteiger charge is -2.07. The summed E-state index contributed by atoms with van der Waals surface area (Å²) in [5.74, 6) is -0.160. The Kier molecular flexibility index (Phi) is 5.44. The second kappa shape index (κ2) is 7.32. The van der Waals surface area contributed by atoms with Crippen molar-refractivity contribution in [3.8, 4) is 11.3 Å². The van der Waals surface area contributed by atoms with Gasteiger partial charge in [-0.05, 0) is 30.7 Å². The van der Waals surface area contributed by atoms with E-state index in [9.17, 15) is 18.0 Å². The highest BCUT2D eigenvalue weighted by molar-refractivity contribution is 5.92. The van der Waals surface area contributed by atoms with E-state index >= 15 is 0 Å². The number of nitrogens with one attached hydrogen (secondary N) is 1. The van der Waals surface area contributed by atoms with E-state index in [0.29, 0.717) is 19.6 Å². The molecule has 0 saturated carbocycles. The zero-order valence-electron chi connectivity index (χ0n) is 12.4. The highest BCUT2D eigenvalue weighted by Crippen LogP contribution is 2.32. The molecule has 0 radical (unpaired) electrons. The van der Waals surface area contributed by atoms with E-state index in [4.69, 9.17) is 9.15 Å². The first kappa shape index (κ1) is 17.1. The number of hydrogen-bond acceptors (Lipinski definition) is 3. The van der Waals surface area contributed by atoms with Gasteiger partial charge in [-0.3, -0.25) is 4.79 Å². The van der Waals surface area contributed by atoms with Crippen molar-refractivity contribution in [1.82, 2.24) is 5.32 Å². The fourth-order valence-electron chi connectivity index (χ4n) is 1.97. The van der Waals surface area contributed by atoms with Crippen molar-refractivity contribution in [2.75, 3.05) is 20.3 Å². The Morgan fingerprint density at radius 3 is 2.74 bits per heavy atom. The second-order valence-corrected chi connectivity index (χ2v) is 4.84. The van der Waals surface area contributed by atoms with E-state index in [0.717, 1.165) is 12.1 Å². The van der Waals surface area contributed by atoms with Crippen LogP contribution < -0.4 is 5.32 Å². The molecule has 124 valence electrons. The van der Waals surface area contributed by atoms with E-state index in [1.807, 2.05) is 0 Å². The first-order valence-electron chi connectivity index (χ1n) is 6.96. The third-order valence-corrected chi connectivity index (χ3v) is 3.11. The van der Waals surface area contributed by atoms with Crippen LogP contribution in [0.5, 0.6) is 0 Å². The maximum atomic E-state index is 12.7. The number of hydrogen-bond donors (Lipinski definition) is 1. The third kappa shape index (κ3) is 4.59. The first-order valence-corrected chi connectivity index (χ1v) is 6.96. The third-order valence-electron chi connectivity index (χ3n) is 3.11. The Morgan fingerprint density at radius 1 is 1.26 bits per heavy atom. The Labute approximate surface area is 131 Å². The summed E-state index contributed by atoms with van der Waals surface area (Å²) in [5, 5.41) is 2.64. The first-order chi connectivity index (χ1) is 10.9. The number of benzene rings is 1. The average Bonchev–Trinajstić information content (AvgIpc) is 3.01. The molecule has 1 N–H and O–H groups in total. The van der Waals surface area contributed by atoms with E-state index in [-0.39, 0.29) is 17.1 Å². The van der Waals surface area contributed by atoms with Gasteiger partial charge in [-0.15, -0.1) is 0 Å². The Balaban J connectivity index is 2.09. The zero-order valence-corrected chi connectivity index (χ0v) is 12.4. The summed E-state index contributed by atoms with van der Waals surface area (Å²) in [5.41, 5.74) is -0.504. The molecule has 0 fully saturated rings. The van der Waals surface area contributed by atoms with Gasteiger partial charge in [0.1, 0.15) is 5.76 Å². The topological polar surface area (TPSA) is 51.5 Å². The lowest BCUT2D eigenvalue weighted by molar-refractivity contribution is -0.137. The molecule has 0 unspecified atom stereocenters. The van der Waals surface area contributed by atoms with Gasteiger partial charge in [0.15, 0.2) is 5.76 Å². The Hall–Kier alpha value is -2.28. The van der Waals surface area contributed by atoms with Gasteiger partial charge in [0, 0.05) is 25.8 Å². The Bertz CT molecular complexity index is 665. The predicted octanol–water partition coefficient (Wildman–Crippen LogP) is 3.73. The molecule has 0 aliphatic heterocycles. The minimum Gasteiger partial charge on any atom is -0.451 e. The number of amides is 1. The number of carbonyl (C=O) groups is 1. The molecule has 0 spiro atoms. The molecule has 0 aliphatic carbocycles. The van der Waals surface area contributed by atoms with Crippen molar-refractivity contribution < 1.29 is 27.1 Å². The molecule has 0 atom stereocenters. The molecule has 0 saturated heterocycles. The van der Waals surface area contributed by atoms with Crippen LogP contribution in [-0.2, 0) is 10.9 Å². The highest BCUT2D eigenvalue weighted by Gasteiger charge is 2.30. The molecule has 7 heteroatoms. The van der Waals surface area contributed by atoms with Crippen molar-refractivity contribution in [2.24, 2.45) is 0 Å². The van der Waals surface area contributed by atoms with E-state index in [2.05, 4.69) is 5.32 Å². The largest absolute Gasteiger partial charge is 0.451 e. The van der Waals surface area contributed by atoms with E-state index < -0.39 is 17.6 Å². The summed E-state index contributed by atoms with van der Waals surface area (Å²) >= 11 is 0. The molecule has 4 nitrogen and oxygen atoms in total. The molecule has 23 heavy (non-hydrogen) atoms. The van der Waals surface area contributed by atoms with Crippen LogP contribution in [0.25, 0.3) is 11.3 Å². The van der Waals surface area contributed by atoms with Crippen molar-refractivity contribution in [3.63, 3.8) is 0 Å². The van der Waals surface area contributed by atoms with Crippen LogP contribution in [0.3, 0.4) is 0 Å². The number of rotatable bonds is 6. The van der Waals surface area contributed by atoms with Gasteiger partial charge in [0.25, 0.3) is 5.91 Å². The van der Waals surface area contributed by atoms with Gasteiger partial charge in [-0.25, -0.2) is 0 Å². The van der Waals surface area contributed by atoms with Crippen LogP contribution in [0.2, 0.25) is 0 Å². The number of alkyl halides is 3. The van der Waals surface area contributed by atoms with E-state index in [1.54, 1.807) is 7.11 Å². The molecule has 1 amide bonds. The van der Waals surface area contributed by atoms with Gasteiger partial charge >= 0.3 is 6.18 Å². The summed E-state index contributed by atoms with van der Waals surface area (Å²) in [6.45, 7) is 0.945. The molecule has 1 heterocycles. The molecular weight excluding hydrogens is 311 g/mol. The van der Waals surface area contributed by atoms with Gasteiger partial charge in [-0.1, -0.05) is 12.1 Å². The summed E-state index contributed by atoms with van der Waals surface area (Å²) in [6, 6.07) is 7.66. The number of ether oxygens (including phenoxy) is 1. The lowest BCUT2D eigenvalue weighted by atomic mass is 10.1. The normalized spacial score (nSPS) is 11.5. The van der Waals surface area contributed by atoms with Gasteiger partial charge in [0.2, 0.25) is 0 Å². The average molecular weight is 327 g/mol. The van der Waals surface area contributed by atoms with Crippen molar-refractivity contribution in [1.29, 1.82) is 0 Å². The zero-order chi connectivity index (χ0) is 16.9. The van der Waals surface area contributed by atoms with Crippen molar-refractivity contribution in [2.45, 2.75) is 12.6 Å². The second-order valence-electron chi connectivity index (χ2n) is 4.84. The number of furan rings is 1. The smallest absolute Gasteiger partial charge is 0.416 e. The molecule has 2 aromatic rings. The molecular formula is C16H16F3NO3. The van der Waals surface area contributed by atoms with Crippen molar-refractivity contribution >= 4 is 5.91 Å². The van der Waals surface area contributed by atoms with E-state index in [1.165, 1.54) is 24.3 Å². The summed E-state index contributed by atoms with van der Waals surface area (Å²) < 4.78 is 48.4. The predicted molar refractivity (Wildman–Crippen MR) is 78.0 cm³/mol. The standard InChI is InChI=1S/C16H16F3NO3/c1-22-9-3-8-20-15(21)14-7-6-13(23-14)11-4-2-5-12(10-11)16(17,18)19/h2,4-7,10H,3,8-9H2,1H3,(H,20,21). The number of halogens is 3. The van der Waals surface area contributed by atoms with Crippen LogP contribution in [0, 0.1) is 0 Å². The maximum absolute atomic E-state index is 12.7. The monoisotopic (exact) mass is 327 g/mol. The van der Waals surface area contributed by atoms with Crippen molar-refractivity contribution in [3.05, 3.63) is 47.7 Å². The fraction of sp³-hybridized carbons (Fsp3) is 0.312. The van der Waals surface area contributed by atoms with Crippen LogP contribution in [0.15, 0.2) is 40.8 Å². The van der Waals surface area contributed by atoms with Gasteiger partial charge in [-0.2, -0.15) is 13.2 Å². The lowest BCUT2D eigenvalue weighted by Crippen LogP contribution is -2.24. The number of methoxy groups -OCH3 is 1. The summed E-state index contributed by atoms with van der Waals surface area (Å²) in [4.78, 5) is 11.9. The van der Waals surface area contributed by atoms with Gasteiger partial charge in [0.05, 0.1) is 5.56 Å². The van der Waals surface area contributed by atoms with Crippen LogP contribution in [0.4, 0.5) is 13.2 Å². The van der Waals surface area contributed by atoms with Crippen LogP contribution >= 0.6 is 0 Å². The van der Waals surface area contributed by atoms with Crippen LogP contribution in [0.1, 0.15) is 22.5 Å². The Morgan fingerprint density at radius 2 is 2.04 bits per heavy atom. The molecule has 2 rings (SSSR count). The number of carbonyl (C=O) groups excluding carboxylic acids is 1. The quantitative estimate of drug-likeness (QED) is 0.823. The summed E-state index contributed by atoms with van der Waals surface area (Å²) in [7, 11) is 1.57. The molecule has 0 aliphatic rings. The highest BCUT2D eigenvalue weighted by atomic mass is 19.4. The molecule has 0 bridgehead atoms.